The van der Waals surface area contributed by atoms with Crippen LogP contribution in [-0.2, 0) is 0 Å². The predicted octanol–water partition coefficient (Wildman–Crippen LogP) is 3.82. The van der Waals surface area contributed by atoms with E-state index in [0.717, 1.165) is 22.3 Å². The molecule has 0 radical (unpaired) electrons. The molecule has 0 saturated heterocycles. The molecule has 1 aromatic carbocycles. The van der Waals surface area contributed by atoms with Crippen LogP contribution in [0.3, 0.4) is 0 Å². The number of hydrogen-bond acceptors (Lipinski definition) is 4. The van der Waals surface area contributed by atoms with Crippen molar-refractivity contribution in [2.75, 3.05) is 19.1 Å². The van der Waals surface area contributed by atoms with Gasteiger partial charge in [-0.25, -0.2) is 0 Å². The van der Waals surface area contributed by atoms with E-state index in [9.17, 15) is 9.90 Å². The number of thioether (sulfide) groups is 1. The predicted molar refractivity (Wildman–Crippen MR) is 88.0 cm³/mol. The summed E-state index contributed by atoms with van der Waals surface area (Å²) >= 11 is 3.27. The Morgan fingerprint density at radius 3 is 2.95 bits per heavy atom. The van der Waals surface area contributed by atoms with E-state index in [0.29, 0.717) is 5.56 Å². The third kappa shape index (κ3) is 3.10. The molecule has 0 aliphatic rings. The zero-order valence-corrected chi connectivity index (χ0v) is 13.6. The molecule has 108 valence electrons. The molecule has 0 saturated carbocycles. The van der Waals surface area contributed by atoms with Crippen molar-refractivity contribution in [2.24, 2.45) is 0 Å². The minimum atomic E-state index is -0.0398. The van der Waals surface area contributed by atoms with Gasteiger partial charge in [0.15, 0.2) is 0 Å². The Morgan fingerprint density at radius 2 is 2.25 bits per heavy atom. The highest BCUT2D eigenvalue weighted by atomic mass is 32.2. The topological polar surface area (TPSA) is 40.5 Å². The number of benzene rings is 1. The van der Waals surface area contributed by atoms with E-state index in [1.807, 2.05) is 24.6 Å². The van der Waals surface area contributed by atoms with E-state index in [2.05, 4.69) is 13.2 Å². The van der Waals surface area contributed by atoms with Crippen molar-refractivity contribution in [2.45, 2.75) is 19.4 Å². The van der Waals surface area contributed by atoms with Crippen molar-refractivity contribution in [1.29, 1.82) is 0 Å². The third-order valence-corrected chi connectivity index (χ3v) is 5.10. The summed E-state index contributed by atoms with van der Waals surface area (Å²) < 4.78 is 0.833. The molecule has 20 heavy (non-hydrogen) atoms. The Morgan fingerprint density at radius 1 is 1.50 bits per heavy atom. The van der Waals surface area contributed by atoms with Gasteiger partial charge >= 0.3 is 0 Å². The van der Waals surface area contributed by atoms with Crippen molar-refractivity contribution in [3.63, 3.8) is 0 Å². The summed E-state index contributed by atoms with van der Waals surface area (Å²) in [5.74, 6) is 1.18. The summed E-state index contributed by atoms with van der Waals surface area (Å²) in [7, 11) is 1.82. The highest BCUT2D eigenvalue weighted by Crippen LogP contribution is 2.31. The van der Waals surface area contributed by atoms with Gasteiger partial charge in [0.05, 0.1) is 4.70 Å². The van der Waals surface area contributed by atoms with Crippen LogP contribution in [0.4, 0.5) is 0 Å². The molecule has 2 aromatic rings. The zero-order valence-electron chi connectivity index (χ0n) is 11.9. The Kier molecular flexibility index (Phi) is 4.94. The first-order valence-electron chi connectivity index (χ1n) is 6.51. The van der Waals surface area contributed by atoms with E-state index in [1.165, 1.54) is 11.3 Å². The van der Waals surface area contributed by atoms with E-state index in [-0.39, 0.29) is 17.7 Å². The van der Waals surface area contributed by atoms with E-state index in [4.69, 9.17) is 0 Å². The Labute approximate surface area is 127 Å². The second-order valence-corrected chi connectivity index (χ2v) is 6.78. The molecule has 0 fully saturated rings. The van der Waals surface area contributed by atoms with Crippen molar-refractivity contribution in [1.82, 2.24) is 4.90 Å². The molecular weight excluding hydrogens is 290 g/mol. The molecular formula is C15H19NO2S2. The number of hydrogen-bond donors (Lipinski definition) is 1. The maximum atomic E-state index is 12.5. The molecule has 1 amide bonds. The molecule has 1 atom stereocenters. The van der Waals surface area contributed by atoms with E-state index in [1.54, 1.807) is 22.7 Å². The zero-order chi connectivity index (χ0) is 14.7. The lowest BCUT2D eigenvalue weighted by molar-refractivity contribution is 0.0741. The summed E-state index contributed by atoms with van der Waals surface area (Å²) in [5, 5.41) is 12.8. The quantitative estimate of drug-likeness (QED) is 0.913. The second kappa shape index (κ2) is 6.50. The molecule has 1 aromatic heterocycles. The van der Waals surface area contributed by atoms with Gasteiger partial charge in [0.25, 0.3) is 5.91 Å². The normalized spacial score (nSPS) is 12.6. The number of carbonyl (C=O) groups is 1. The monoisotopic (exact) mass is 309 g/mol. The molecule has 0 bridgehead atoms. The molecule has 0 spiro atoms. The fraction of sp³-hybridized carbons (Fsp3) is 0.400. The largest absolute Gasteiger partial charge is 0.506 e. The van der Waals surface area contributed by atoms with Crippen LogP contribution in [0.15, 0.2) is 23.6 Å². The van der Waals surface area contributed by atoms with Gasteiger partial charge in [-0.05, 0) is 54.3 Å². The van der Waals surface area contributed by atoms with Gasteiger partial charge < -0.3 is 10.0 Å². The number of carbonyl (C=O) groups excluding carboxylic acids is 1. The second-order valence-electron chi connectivity index (χ2n) is 4.88. The summed E-state index contributed by atoms with van der Waals surface area (Å²) in [5.41, 5.74) is 0.548. The molecule has 1 unspecified atom stereocenters. The first kappa shape index (κ1) is 15.2. The number of amides is 1. The molecule has 5 heteroatoms. The van der Waals surface area contributed by atoms with Crippen LogP contribution in [0.5, 0.6) is 5.75 Å². The number of phenolic OH excluding ortho intramolecular Hbond substituents is 1. The van der Waals surface area contributed by atoms with Crippen LogP contribution in [0.2, 0.25) is 0 Å². The Hall–Kier alpha value is -1.20. The molecule has 2 rings (SSSR count). The third-order valence-electron chi connectivity index (χ3n) is 3.50. The first-order valence-corrected chi connectivity index (χ1v) is 8.78. The molecule has 1 heterocycles. The lowest BCUT2D eigenvalue weighted by Crippen LogP contribution is -2.35. The van der Waals surface area contributed by atoms with Crippen LogP contribution in [0.25, 0.3) is 10.1 Å². The van der Waals surface area contributed by atoms with Gasteiger partial charge in [-0.15, -0.1) is 11.3 Å². The van der Waals surface area contributed by atoms with Gasteiger partial charge in [-0.2, -0.15) is 11.8 Å². The minimum absolute atomic E-state index is 0.0398. The SMILES string of the molecule is CSCCC(C)N(C)C(=O)c1cc(O)c2sccc2c1. The Bertz CT molecular complexity index is 609. The highest BCUT2D eigenvalue weighted by molar-refractivity contribution is 7.98. The number of aromatic hydroxyl groups is 1. The maximum Gasteiger partial charge on any atom is 0.253 e. The highest BCUT2D eigenvalue weighted by Gasteiger charge is 2.18. The van der Waals surface area contributed by atoms with Gasteiger partial charge in [-0.3, -0.25) is 4.79 Å². The van der Waals surface area contributed by atoms with Crippen LogP contribution in [0, 0.1) is 0 Å². The average Bonchev–Trinajstić information content (AvgIpc) is 2.91. The van der Waals surface area contributed by atoms with E-state index >= 15 is 0 Å². The smallest absolute Gasteiger partial charge is 0.253 e. The van der Waals surface area contributed by atoms with Crippen molar-refractivity contribution >= 4 is 39.1 Å². The van der Waals surface area contributed by atoms with Crippen molar-refractivity contribution < 1.29 is 9.90 Å². The lowest BCUT2D eigenvalue weighted by atomic mass is 10.1. The van der Waals surface area contributed by atoms with E-state index < -0.39 is 0 Å². The lowest BCUT2D eigenvalue weighted by Gasteiger charge is -2.25. The summed E-state index contributed by atoms with van der Waals surface area (Å²) in [6.45, 7) is 2.05. The average molecular weight is 309 g/mol. The molecule has 3 nitrogen and oxygen atoms in total. The first-order chi connectivity index (χ1) is 9.54. The van der Waals surface area contributed by atoms with Gasteiger partial charge in [0.2, 0.25) is 0 Å². The van der Waals surface area contributed by atoms with Crippen LogP contribution < -0.4 is 0 Å². The van der Waals surface area contributed by atoms with Crippen LogP contribution in [0.1, 0.15) is 23.7 Å². The summed E-state index contributed by atoms with van der Waals surface area (Å²) in [4.78, 5) is 14.2. The summed E-state index contributed by atoms with van der Waals surface area (Å²) in [6, 6.07) is 5.54. The van der Waals surface area contributed by atoms with Crippen LogP contribution >= 0.6 is 23.1 Å². The van der Waals surface area contributed by atoms with Gasteiger partial charge in [-0.1, -0.05) is 0 Å². The number of nitrogens with zero attached hydrogens (tertiary/aromatic N) is 1. The van der Waals surface area contributed by atoms with Crippen LogP contribution in [-0.4, -0.2) is 41.0 Å². The minimum Gasteiger partial charge on any atom is -0.506 e. The number of thiophene rings is 1. The van der Waals surface area contributed by atoms with Gasteiger partial charge in [0.1, 0.15) is 5.75 Å². The molecule has 0 aliphatic carbocycles. The molecule has 0 aliphatic heterocycles. The number of rotatable bonds is 5. The van der Waals surface area contributed by atoms with Crippen molar-refractivity contribution in [3.8, 4) is 5.75 Å². The standard InChI is InChI=1S/C15H19NO2S2/c1-10(4-6-19-3)16(2)15(18)12-8-11-5-7-20-14(11)13(17)9-12/h5,7-10,17H,4,6H2,1-3H3. The number of fused-ring (bicyclic) bond motifs is 1. The Balaban J connectivity index is 2.22. The van der Waals surface area contributed by atoms with Gasteiger partial charge in [0, 0.05) is 18.7 Å². The van der Waals surface area contributed by atoms with Crippen molar-refractivity contribution in [3.05, 3.63) is 29.1 Å². The summed E-state index contributed by atoms with van der Waals surface area (Å²) in [6.07, 6.45) is 3.03. The number of phenols is 1. The fourth-order valence-electron chi connectivity index (χ4n) is 2.07. The molecule has 1 N–H and O–H groups in total. The maximum absolute atomic E-state index is 12.5. The fourth-order valence-corrected chi connectivity index (χ4v) is 3.44.